The van der Waals surface area contributed by atoms with Gasteiger partial charge in [0.2, 0.25) is 10.0 Å². The lowest BCUT2D eigenvalue weighted by atomic mass is 10.1. The number of ether oxygens (including phenoxy) is 1. The monoisotopic (exact) mass is 459 g/mol. The summed E-state index contributed by atoms with van der Waals surface area (Å²) in [5.74, 6) is -0.301. The number of esters is 1. The Kier molecular flexibility index (Phi) is 6.22. The molecular weight excluding hydrogens is 434 g/mol. The van der Waals surface area contributed by atoms with Crippen molar-refractivity contribution in [3.63, 3.8) is 0 Å². The number of rotatable bonds is 7. The van der Waals surface area contributed by atoms with Crippen molar-refractivity contribution >= 4 is 49.9 Å². The number of benzene rings is 1. The highest BCUT2D eigenvalue weighted by Gasteiger charge is 2.21. The Morgan fingerprint density at radius 3 is 2.47 bits per heavy atom. The second-order valence-corrected chi connectivity index (χ2v) is 10.1. The third kappa shape index (κ3) is 5.82. The van der Waals surface area contributed by atoms with Crippen LogP contribution in [0.2, 0.25) is 0 Å². The predicted octanol–water partition coefficient (Wildman–Crippen LogP) is 3.09. The Morgan fingerprint density at radius 2 is 1.91 bits per heavy atom. The number of anilines is 3. The largest absolute Gasteiger partial charge is 0.459 e. The van der Waals surface area contributed by atoms with E-state index in [0.717, 1.165) is 6.26 Å². The Morgan fingerprint density at radius 1 is 1.19 bits per heavy atom. The van der Waals surface area contributed by atoms with Crippen LogP contribution in [0.15, 0.2) is 36.7 Å². The summed E-state index contributed by atoms with van der Waals surface area (Å²) in [4.78, 5) is 24.7. The van der Waals surface area contributed by atoms with E-state index >= 15 is 0 Å². The summed E-state index contributed by atoms with van der Waals surface area (Å²) in [6, 6.07) is 6.55. The molecule has 0 saturated carbocycles. The van der Waals surface area contributed by atoms with Crippen molar-refractivity contribution in [2.75, 3.05) is 16.3 Å². The third-order valence-corrected chi connectivity index (χ3v) is 4.84. The molecule has 3 aromatic rings. The summed E-state index contributed by atoms with van der Waals surface area (Å²) in [6.07, 6.45) is 4.10. The average Bonchev–Trinajstić information content (AvgIpc) is 2.97. The fourth-order valence-electron chi connectivity index (χ4n) is 3.15. The number of hydrogen-bond acceptors (Lipinski definition) is 8. The topological polar surface area (TPSA) is 132 Å². The minimum atomic E-state index is -3.62. The molecule has 0 aliphatic rings. The highest BCUT2D eigenvalue weighted by Crippen LogP contribution is 2.34. The van der Waals surface area contributed by atoms with Crippen molar-refractivity contribution in [3.8, 4) is 0 Å². The molecule has 0 fully saturated rings. The summed E-state index contributed by atoms with van der Waals surface area (Å²) >= 11 is 0. The number of ketones is 1. The number of nitrogens with one attached hydrogen (secondary N) is 2. The molecule has 0 saturated heterocycles. The van der Waals surface area contributed by atoms with E-state index < -0.39 is 21.6 Å². The van der Waals surface area contributed by atoms with Crippen molar-refractivity contribution in [3.05, 3.63) is 42.2 Å². The fraction of sp³-hybridized carbons (Fsp3) is 0.333. The third-order valence-electron chi connectivity index (χ3n) is 4.25. The number of hydrogen-bond donors (Lipinski definition) is 2. The van der Waals surface area contributed by atoms with Crippen LogP contribution >= 0.6 is 0 Å². The van der Waals surface area contributed by atoms with Gasteiger partial charge in [0.05, 0.1) is 23.1 Å². The molecule has 3 rings (SSSR count). The number of carbonyl (C=O) groups is 2. The SMILES string of the molecule is CC(=O)c1cn(CC(=O)OC(C)(C)C)c2cc(Nc3cccnn3)c(NS(C)(=O)=O)cc12. The summed E-state index contributed by atoms with van der Waals surface area (Å²) in [6.45, 7) is 6.59. The minimum absolute atomic E-state index is 0.121. The molecule has 1 aromatic carbocycles. The minimum Gasteiger partial charge on any atom is -0.459 e. The van der Waals surface area contributed by atoms with E-state index in [4.69, 9.17) is 4.74 Å². The average molecular weight is 460 g/mol. The quantitative estimate of drug-likeness (QED) is 0.407. The number of nitrogens with zero attached hydrogens (tertiary/aromatic N) is 3. The predicted molar refractivity (Wildman–Crippen MR) is 122 cm³/mol. The summed E-state index contributed by atoms with van der Waals surface area (Å²) < 4.78 is 33.4. The number of Topliss-reactive ketones (excluding diaryl/α,β-unsaturated/α-hetero) is 1. The van der Waals surface area contributed by atoms with Crippen molar-refractivity contribution in [1.29, 1.82) is 0 Å². The molecule has 2 heterocycles. The van der Waals surface area contributed by atoms with E-state index in [-0.39, 0.29) is 18.0 Å². The van der Waals surface area contributed by atoms with Gasteiger partial charge in [-0.3, -0.25) is 14.3 Å². The number of fused-ring (bicyclic) bond motifs is 1. The van der Waals surface area contributed by atoms with Crippen LogP contribution in [0.5, 0.6) is 0 Å². The second kappa shape index (κ2) is 8.58. The maximum Gasteiger partial charge on any atom is 0.326 e. The van der Waals surface area contributed by atoms with Gasteiger partial charge in [-0.1, -0.05) is 0 Å². The van der Waals surface area contributed by atoms with Gasteiger partial charge in [-0.05, 0) is 52.0 Å². The van der Waals surface area contributed by atoms with Crippen LogP contribution in [0, 0.1) is 0 Å². The van der Waals surface area contributed by atoms with E-state index in [1.54, 1.807) is 55.8 Å². The smallest absolute Gasteiger partial charge is 0.326 e. The van der Waals surface area contributed by atoms with Crippen LogP contribution in [0.3, 0.4) is 0 Å². The molecule has 32 heavy (non-hydrogen) atoms. The second-order valence-electron chi connectivity index (χ2n) is 8.34. The molecule has 0 bridgehead atoms. The lowest BCUT2D eigenvalue weighted by molar-refractivity contribution is -0.155. The van der Waals surface area contributed by atoms with Crippen LogP contribution in [0.1, 0.15) is 38.1 Å². The van der Waals surface area contributed by atoms with Gasteiger partial charge in [0.1, 0.15) is 12.1 Å². The molecule has 2 N–H and O–H groups in total. The number of carbonyl (C=O) groups excluding carboxylic acids is 2. The molecule has 0 spiro atoms. The van der Waals surface area contributed by atoms with Crippen LogP contribution < -0.4 is 10.0 Å². The van der Waals surface area contributed by atoms with Crippen molar-refractivity contribution in [2.45, 2.75) is 39.8 Å². The molecule has 0 amide bonds. The summed E-state index contributed by atoms with van der Waals surface area (Å²) in [5.41, 5.74) is 0.845. The fourth-order valence-corrected chi connectivity index (χ4v) is 3.72. The van der Waals surface area contributed by atoms with E-state index in [1.807, 2.05) is 0 Å². The Balaban J connectivity index is 2.16. The molecule has 11 heteroatoms. The first kappa shape index (κ1) is 23.2. The van der Waals surface area contributed by atoms with Crippen molar-refractivity contribution in [2.24, 2.45) is 0 Å². The van der Waals surface area contributed by atoms with Gasteiger partial charge in [-0.2, -0.15) is 5.10 Å². The van der Waals surface area contributed by atoms with Gasteiger partial charge in [0.25, 0.3) is 0 Å². The molecule has 0 unspecified atom stereocenters. The number of sulfonamides is 1. The Hall–Kier alpha value is -3.47. The Bertz CT molecular complexity index is 1280. The van der Waals surface area contributed by atoms with E-state index in [2.05, 4.69) is 20.2 Å². The van der Waals surface area contributed by atoms with Crippen molar-refractivity contribution < 1.29 is 22.7 Å². The molecule has 2 aromatic heterocycles. The lowest BCUT2D eigenvalue weighted by Gasteiger charge is -2.20. The van der Waals surface area contributed by atoms with Crippen LogP contribution in [-0.4, -0.2) is 46.8 Å². The first-order valence-electron chi connectivity index (χ1n) is 9.74. The van der Waals surface area contributed by atoms with E-state index in [9.17, 15) is 18.0 Å². The highest BCUT2D eigenvalue weighted by atomic mass is 32.2. The van der Waals surface area contributed by atoms with Crippen LogP contribution in [0.4, 0.5) is 17.2 Å². The zero-order chi connectivity index (χ0) is 23.7. The maximum atomic E-state index is 12.4. The van der Waals surface area contributed by atoms with Gasteiger partial charge < -0.3 is 14.6 Å². The van der Waals surface area contributed by atoms with Crippen LogP contribution in [0.25, 0.3) is 10.9 Å². The van der Waals surface area contributed by atoms with Gasteiger partial charge >= 0.3 is 5.97 Å². The molecule has 10 nitrogen and oxygen atoms in total. The lowest BCUT2D eigenvalue weighted by Crippen LogP contribution is -2.26. The van der Waals surface area contributed by atoms with Gasteiger partial charge in [0, 0.05) is 23.3 Å². The summed E-state index contributed by atoms with van der Waals surface area (Å²) in [5, 5.41) is 11.3. The molecule has 0 atom stereocenters. The van der Waals surface area contributed by atoms with E-state index in [1.165, 1.54) is 13.1 Å². The van der Waals surface area contributed by atoms with E-state index in [0.29, 0.717) is 28.0 Å². The molecular formula is C21H25N5O5S. The normalized spacial score (nSPS) is 11.9. The molecule has 170 valence electrons. The zero-order valence-electron chi connectivity index (χ0n) is 18.5. The van der Waals surface area contributed by atoms with Crippen LogP contribution in [-0.2, 0) is 26.1 Å². The molecule has 0 aliphatic carbocycles. The van der Waals surface area contributed by atoms with Gasteiger partial charge in [-0.15, -0.1) is 5.10 Å². The first-order valence-corrected chi connectivity index (χ1v) is 11.6. The summed E-state index contributed by atoms with van der Waals surface area (Å²) in [7, 11) is -3.62. The number of aromatic nitrogens is 3. The molecule has 0 radical (unpaired) electrons. The molecule has 0 aliphatic heterocycles. The standard InChI is InChI=1S/C21H25N5O5S/c1-13(27)15-11-26(12-20(28)31-21(2,3)4)18-10-16(23-19-7-6-8-22-24-19)17(9-14(15)18)25-32(5,29)30/h6-11,25H,12H2,1-5H3,(H,23,24). The van der Waals surface area contributed by atoms with Crippen molar-refractivity contribution in [1.82, 2.24) is 14.8 Å². The zero-order valence-corrected chi connectivity index (χ0v) is 19.3. The maximum absolute atomic E-state index is 12.4. The van der Waals surface area contributed by atoms with Gasteiger partial charge in [0.15, 0.2) is 11.6 Å². The highest BCUT2D eigenvalue weighted by molar-refractivity contribution is 7.92. The Labute approximate surface area is 186 Å². The van der Waals surface area contributed by atoms with Gasteiger partial charge in [-0.25, -0.2) is 8.42 Å². The first-order chi connectivity index (χ1) is 14.8.